The molecular formula is C13H19FN2. The van der Waals surface area contributed by atoms with E-state index in [4.69, 9.17) is 5.73 Å². The van der Waals surface area contributed by atoms with Crippen LogP contribution >= 0.6 is 0 Å². The molecule has 2 atom stereocenters. The Morgan fingerprint density at radius 2 is 2.06 bits per heavy atom. The normalized spacial score (nSPS) is 26.9. The number of benzene rings is 1. The summed E-state index contributed by atoms with van der Waals surface area (Å²) in [4.78, 5) is 2.17. The van der Waals surface area contributed by atoms with Crippen molar-refractivity contribution in [1.29, 1.82) is 0 Å². The summed E-state index contributed by atoms with van der Waals surface area (Å²) in [6, 6.07) is 10.1. The molecule has 0 radical (unpaired) electrons. The summed E-state index contributed by atoms with van der Waals surface area (Å²) in [6.45, 7) is 2.17. The summed E-state index contributed by atoms with van der Waals surface area (Å²) in [5.74, 6) is 0. The summed E-state index contributed by atoms with van der Waals surface area (Å²) in [5.41, 5.74) is 6.89. The molecule has 1 aromatic carbocycles. The lowest BCUT2D eigenvalue weighted by Gasteiger charge is -2.37. The van der Waals surface area contributed by atoms with Crippen LogP contribution < -0.4 is 5.73 Å². The molecule has 1 heterocycles. The standard InChI is InChI=1S/C13H19FN2/c14-12-7-4-8-16(13(12)9-15)10-11-5-2-1-3-6-11/h1-3,5-6,12-13H,4,7-10,15H2/t12-,13-/m1/s1. The predicted molar refractivity (Wildman–Crippen MR) is 63.8 cm³/mol. The van der Waals surface area contributed by atoms with Gasteiger partial charge in [-0.2, -0.15) is 0 Å². The fourth-order valence-electron chi connectivity index (χ4n) is 2.39. The summed E-state index contributed by atoms with van der Waals surface area (Å²) in [7, 11) is 0. The molecule has 1 aliphatic rings. The number of halogens is 1. The highest BCUT2D eigenvalue weighted by Gasteiger charge is 2.29. The van der Waals surface area contributed by atoms with Crippen LogP contribution in [-0.2, 0) is 6.54 Å². The van der Waals surface area contributed by atoms with Crippen LogP contribution in [0.25, 0.3) is 0 Å². The zero-order valence-electron chi connectivity index (χ0n) is 9.48. The van der Waals surface area contributed by atoms with Crippen molar-refractivity contribution >= 4 is 0 Å². The van der Waals surface area contributed by atoms with Crippen molar-refractivity contribution in [2.75, 3.05) is 13.1 Å². The van der Waals surface area contributed by atoms with Gasteiger partial charge in [0.15, 0.2) is 0 Å². The molecule has 0 saturated carbocycles. The molecule has 3 heteroatoms. The van der Waals surface area contributed by atoms with Gasteiger partial charge in [0.2, 0.25) is 0 Å². The SMILES string of the molecule is NC[C@@H]1[C@H](F)CCCN1Cc1ccccc1. The fourth-order valence-corrected chi connectivity index (χ4v) is 2.39. The number of hydrogen-bond donors (Lipinski definition) is 1. The highest BCUT2D eigenvalue weighted by molar-refractivity contribution is 5.14. The van der Waals surface area contributed by atoms with Crippen LogP contribution in [0.2, 0.25) is 0 Å². The molecule has 16 heavy (non-hydrogen) atoms. The Kier molecular flexibility index (Phi) is 3.91. The van der Waals surface area contributed by atoms with Gasteiger partial charge in [0.1, 0.15) is 6.17 Å². The van der Waals surface area contributed by atoms with Crippen LogP contribution in [0.1, 0.15) is 18.4 Å². The maximum Gasteiger partial charge on any atom is 0.117 e. The number of hydrogen-bond acceptors (Lipinski definition) is 2. The van der Waals surface area contributed by atoms with E-state index >= 15 is 0 Å². The second-order valence-corrected chi connectivity index (χ2v) is 4.42. The van der Waals surface area contributed by atoms with Gasteiger partial charge in [-0.3, -0.25) is 4.90 Å². The van der Waals surface area contributed by atoms with Crippen molar-refractivity contribution in [2.24, 2.45) is 5.73 Å². The topological polar surface area (TPSA) is 29.3 Å². The molecular weight excluding hydrogens is 203 g/mol. The van der Waals surface area contributed by atoms with E-state index in [1.54, 1.807) is 0 Å². The Balaban J connectivity index is 2.02. The van der Waals surface area contributed by atoms with E-state index in [2.05, 4.69) is 17.0 Å². The van der Waals surface area contributed by atoms with Crippen molar-refractivity contribution in [3.05, 3.63) is 35.9 Å². The van der Waals surface area contributed by atoms with E-state index in [9.17, 15) is 4.39 Å². The van der Waals surface area contributed by atoms with Crippen LogP contribution in [0.15, 0.2) is 30.3 Å². The highest BCUT2D eigenvalue weighted by atomic mass is 19.1. The maximum absolute atomic E-state index is 13.7. The molecule has 0 spiro atoms. The zero-order valence-corrected chi connectivity index (χ0v) is 9.48. The third-order valence-corrected chi connectivity index (χ3v) is 3.28. The summed E-state index contributed by atoms with van der Waals surface area (Å²) in [6.07, 6.45) is 0.833. The van der Waals surface area contributed by atoms with Crippen LogP contribution in [0.4, 0.5) is 4.39 Å². The largest absolute Gasteiger partial charge is 0.329 e. The second-order valence-electron chi connectivity index (χ2n) is 4.42. The minimum absolute atomic E-state index is 0.103. The van der Waals surface area contributed by atoms with Gasteiger partial charge in [0.25, 0.3) is 0 Å². The zero-order chi connectivity index (χ0) is 11.4. The Morgan fingerprint density at radius 1 is 1.31 bits per heavy atom. The molecule has 1 aromatic rings. The lowest BCUT2D eigenvalue weighted by atomic mass is 9.99. The van der Waals surface area contributed by atoms with Crippen molar-refractivity contribution in [3.63, 3.8) is 0 Å². The number of alkyl halides is 1. The quantitative estimate of drug-likeness (QED) is 0.847. The summed E-state index contributed by atoms with van der Waals surface area (Å²) in [5, 5.41) is 0. The molecule has 2 nitrogen and oxygen atoms in total. The van der Waals surface area contributed by atoms with E-state index in [-0.39, 0.29) is 6.04 Å². The van der Waals surface area contributed by atoms with Crippen molar-refractivity contribution in [2.45, 2.75) is 31.6 Å². The number of rotatable bonds is 3. The van der Waals surface area contributed by atoms with Crippen LogP contribution in [0.3, 0.4) is 0 Å². The third-order valence-electron chi connectivity index (χ3n) is 3.28. The Morgan fingerprint density at radius 3 is 2.75 bits per heavy atom. The Labute approximate surface area is 96.2 Å². The van der Waals surface area contributed by atoms with Gasteiger partial charge in [-0.15, -0.1) is 0 Å². The number of likely N-dealkylation sites (tertiary alicyclic amines) is 1. The minimum atomic E-state index is -0.762. The first kappa shape index (κ1) is 11.6. The first-order chi connectivity index (χ1) is 7.81. The molecule has 0 aromatic heterocycles. The lowest BCUT2D eigenvalue weighted by Crippen LogP contribution is -2.50. The van der Waals surface area contributed by atoms with Crippen LogP contribution in [0.5, 0.6) is 0 Å². The molecule has 88 valence electrons. The first-order valence-electron chi connectivity index (χ1n) is 5.93. The van der Waals surface area contributed by atoms with Crippen molar-refractivity contribution in [3.8, 4) is 0 Å². The van der Waals surface area contributed by atoms with Gasteiger partial charge in [0, 0.05) is 13.1 Å². The third kappa shape index (κ3) is 2.60. The first-order valence-corrected chi connectivity index (χ1v) is 5.93. The maximum atomic E-state index is 13.7. The van der Waals surface area contributed by atoms with Crippen LogP contribution in [0, 0.1) is 0 Å². The smallest absolute Gasteiger partial charge is 0.117 e. The lowest BCUT2D eigenvalue weighted by molar-refractivity contribution is 0.0644. The molecule has 0 bridgehead atoms. The molecule has 0 amide bonds. The molecule has 1 saturated heterocycles. The molecule has 0 unspecified atom stereocenters. The average Bonchev–Trinajstić information content (AvgIpc) is 2.31. The molecule has 1 aliphatic heterocycles. The average molecular weight is 222 g/mol. The van der Waals surface area contributed by atoms with E-state index in [0.29, 0.717) is 13.0 Å². The fraction of sp³-hybridized carbons (Fsp3) is 0.538. The van der Waals surface area contributed by atoms with E-state index in [1.165, 1.54) is 5.56 Å². The molecule has 2 N–H and O–H groups in total. The predicted octanol–water partition coefficient (Wildman–Crippen LogP) is 1.95. The van der Waals surface area contributed by atoms with E-state index in [0.717, 1.165) is 19.5 Å². The van der Waals surface area contributed by atoms with Crippen molar-refractivity contribution in [1.82, 2.24) is 4.90 Å². The molecule has 1 fully saturated rings. The van der Waals surface area contributed by atoms with Gasteiger partial charge in [-0.05, 0) is 24.9 Å². The van der Waals surface area contributed by atoms with Gasteiger partial charge in [0.05, 0.1) is 6.04 Å². The molecule has 2 rings (SSSR count). The van der Waals surface area contributed by atoms with Gasteiger partial charge < -0.3 is 5.73 Å². The van der Waals surface area contributed by atoms with Crippen LogP contribution in [-0.4, -0.2) is 30.2 Å². The monoisotopic (exact) mass is 222 g/mol. The van der Waals surface area contributed by atoms with E-state index < -0.39 is 6.17 Å². The van der Waals surface area contributed by atoms with Gasteiger partial charge in [-0.1, -0.05) is 30.3 Å². The summed E-state index contributed by atoms with van der Waals surface area (Å²) < 4.78 is 13.7. The number of nitrogens with zero attached hydrogens (tertiary/aromatic N) is 1. The van der Waals surface area contributed by atoms with Gasteiger partial charge in [-0.25, -0.2) is 4.39 Å². The Bertz CT molecular complexity index is 315. The number of nitrogens with two attached hydrogens (primary N) is 1. The van der Waals surface area contributed by atoms with E-state index in [1.807, 2.05) is 18.2 Å². The summed E-state index contributed by atoms with van der Waals surface area (Å²) >= 11 is 0. The second kappa shape index (κ2) is 5.41. The molecule has 0 aliphatic carbocycles. The minimum Gasteiger partial charge on any atom is -0.329 e. The number of piperidine rings is 1. The Hall–Kier alpha value is -0.930. The van der Waals surface area contributed by atoms with Gasteiger partial charge >= 0.3 is 0 Å². The highest BCUT2D eigenvalue weighted by Crippen LogP contribution is 2.21. The van der Waals surface area contributed by atoms with Crippen molar-refractivity contribution < 1.29 is 4.39 Å².